The number of halogens is 2. The topological polar surface area (TPSA) is 22.0 Å². The van der Waals surface area contributed by atoms with Gasteiger partial charge in [-0.05, 0) is 31.5 Å². The first kappa shape index (κ1) is 12.5. The van der Waals surface area contributed by atoms with E-state index >= 15 is 0 Å². The summed E-state index contributed by atoms with van der Waals surface area (Å²) in [5.41, 5.74) is 1.02. The summed E-state index contributed by atoms with van der Waals surface area (Å²) in [7, 11) is 0. The molecule has 17 heavy (non-hydrogen) atoms. The Morgan fingerprint density at radius 1 is 1.35 bits per heavy atom. The van der Waals surface area contributed by atoms with Crippen LogP contribution in [0.25, 0.3) is 10.9 Å². The van der Waals surface area contributed by atoms with Gasteiger partial charge in [-0.1, -0.05) is 23.2 Å². The van der Waals surface area contributed by atoms with Crippen LogP contribution in [0.1, 0.15) is 19.8 Å². The maximum absolute atomic E-state index is 10.9. The van der Waals surface area contributed by atoms with E-state index in [1.165, 1.54) is 0 Å². The lowest BCUT2D eigenvalue weighted by Gasteiger charge is -2.05. The van der Waals surface area contributed by atoms with Gasteiger partial charge < -0.3 is 9.36 Å². The van der Waals surface area contributed by atoms with Crippen LogP contribution >= 0.6 is 23.2 Å². The van der Waals surface area contributed by atoms with Crippen molar-refractivity contribution in [1.29, 1.82) is 0 Å². The second-order valence-corrected chi connectivity index (χ2v) is 4.98. The van der Waals surface area contributed by atoms with Crippen LogP contribution in [0.3, 0.4) is 0 Å². The SMILES string of the molecule is CC(=O)CCCn1ccc2c(Cl)cc(Cl)cc21. The molecule has 0 bridgehead atoms. The molecule has 4 heteroatoms. The van der Waals surface area contributed by atoms with Crippen LogP contribution in [-0.2, 0) is 11.3 Å². The van der Waals surface area contributed by atoms with E-state index in [9.17, 15) is 4.79 Å². The van der Waals surface area contributed by atoms with Crippen LogP contribution in [0.5, 0.6) is 0 Å². The Balaban J connectivity index is 2.26. The molecule has 2 aromatic rings. The summed E-state index contributed by atoms with van der Waals surface area (Å²) < 4.78 is 2.08. The molecule has 0 N–H and O–H groups in total. The zero-order chi connectivity index (χ0) is 12.4. The minimum atomic E-state index is 0.220. The van der Waals surface area contributed by atoms with E-state index in [1.807, 2.05) is 18.3 Å². The van der Waals surface area contributed by atoms with Gasteiger partial charge in [-0.2, -0.15) is 0 Å². The number of aromatic nitrogens is 1. The van der Waals surface area contributed by atoms with Crippen LogP contribution in [0, 0.1) is 0 Å². The van der Waals surface area contributed by atoms with Crippen molar-refractivity contribution < 1.29 is 4.79 Å². The third-order valence-electron chi connectivity index (χ3n) is 2.73. The molecule has 0 amide bonds. The standard InChI is InChI=1S/C13H13Cl2NO/c1-9(17)3-2-5-16-6-4-11-12(15)7-10(14)8-13(11)16/h4,6-8H,2-3,5H2,1H3. The molecule has 0 saturated heterocycles. The number of aryl methyl sites for hydroxylation is 1. The van der Waals surface area contributed by atoms with Gasteiger partial charge in [0.05, 0.1) is 10.5 Å². The molecule has 90 valence electrons. The molecule has 0 aliphatic heterocycles. The van der Waals surface area contributed by atoms with Crippen molar-refractivity contribution in [1.82, 2.24) is 4.57 Å². The van der Waals surface area contributed by atoms with Gasteiger partial charge in [-0.25, -0.2) is 0 Å². The summed E-state index contributed by atoms with van der Waals surface area (Å²) in [6.07, 6.45) is 3.42. The van der Waals surface area contributed by atoms with Crippen molar-refractivity contribution in [2.24, 2.45) is 0 Å². The van der Waals surface area contributed by atoms with Crippen LogP contribution in [-0.4, -0.2) is 10.4 Å². The molecule has 0 unspecified atom stereocenters. The molecule has 0 atom stereocenters. The minimum absolute atomic E-state index is 0.220. The number of hydrogen-bond acceptors (Lipinski definition) is 1. The van der Waals surface area contributed by atoms with E-state index < -0.39 is 0 Å². The summed E-state index contributed by atoms with van der Waals surface area (Å²) in [6.45, 7) is 2.42. The van der Waals surface area contributed by atoms with Crippen LogP contribution in [0.4, 0.5) is 0 Å². The molecule has 0 aliphatic carbocycles. The Morgan fingerprint density at radius 3 is 2.82 bits per heavy atom. The highest BCUT2D eigenvalue weighted by molar-refractivity contribution is 6.38. The number of hydrogen-bond donors (Lipinski definition) is 0. The maximum atomic E-state index is 10.9. The summed E-state index contributed by atoms with van der Waals surface area (Å²) in [5, 5.41) is 2.30. The van der Waals surface area contributed by atoms with Gasteiger partial charge in [0.15, 0.2) is 0 Å². The van der Waals surface area contributed by atoms with Gasteiger partial charge in [0.2, 0.25) is 0 Å². The fourth-order valence-electron chi connectivity index (χ4n) is 1.91. The molecule has 0 aliphatic rings. The number of nitrogens with zero attached hydrogens (tertiary/aromatic N) is 1. The first-order valence-corrected chi connectivity index (χ1v) is 6.27. The van der Waals surface area contributed by atoms with E-state index in [0.717, 1.165) is 23.9 Å². The predicted molar refractivity (Wildman–Crippen MR) is 71.9 cm³/mol. The van der Waals surface area contributed by atoms with E-state index in [-0.39, 0.29) is 5.78 Å². The Labute approximate surface area is 110 Å². The Hall–Kier alpha value is -0.990. The van der Waals surface area contributed by atoms with Crippen molar-refractivity contribution in [3.63, 3.8) is 0 Å². The summed E-state index contributed by atoms with van der Waals surface area (Å²) in [4.78, 5) is 10.9. The van der Waals surface area contributed by atoms with Crippen LogP contribution in [0.15, 0.2) is 24.4 Å². The first-order valence-electron chi connectivity index (χ1n) is 5.51. The fraction of sp³-hybridized carbons (Fsp3) is 0.308. The molecule has 2 rings (SSSR count). The number of carbonyl (C=O) groups is 1. The monoisotopic (exact) mass is 269 g/mol. The van der Waals surface area contributed by atoms with Crippen molar-refractivity contribution in [3.05, 3.63) is 34.4 Å². The first-order chi connectivity index (χ1) is 8.08. The molecule has 0 spiro atoms. The van der Waals surface area contributed by atoms with Gasteiger partial charge in [-0.15, -0.1) is 0 Å². The predicted octanol–water partition coefficient (Wildman–Crippen LogP) is 4.32. The molecule has 1 heterocycles. The quantitative estimate of drug-likeness (QED) is 0.811. The Bertz CT molecular complexity index is 560. The number of rotatable bonds is 4. The zero-order valence-electron chi connectivity index (χ0n) is 9.54. The van der Waals surface area contributed by atoms with Gasteiger partial charge in [-0.3, -0.25) is 0 Å². The molecular weight excluding hydrogens is 257 g/mol. The smallest absolute Gasteiger partial charge is 0.129 e. The highest BCUT2D eigenvalue weighted by Gasteiger charge is 2.06. The number of fused-ring (bicyclic) bond motifs is 1. The van der Waals surface area contributed by atoms with Gasteiger partial charge in [0.1, 0.15) is 5.78 Å². The third-order valence-corrected chi connectivity index (χ3v) is 3.26. The number of Topliss-reactive ketones (excluding diaryl/α,β-unsaturated/α-hetero) is 1. The van der Waals surface area contributed by atoms with E-state index in [1.54, 1.807) is 13.0 Å². The summed E-state index contributed by atoms with van der Waals surface area (Å²) in [6, 6.07) is 5.61. The Morgan fingerprint density at radius 2 is 2.12 bits per heavy atom. The second-order valence-electron chi connectivity index (χ2n) is 4.14. The van der Waals surface area contributed by atoms with Crippen molar-refractivity contribution in [3.8, 4) is 0 Å². The third kappa shape index (κ3) is 2.82. The van der Waals surface area contributed by atoms with Crippen LogP contribution in [0.2, 0.25) is 10.0 Å². The van der Waals surface area contributed by atoms with E-state index in [2.05, 4.69) is 4.57 Å². The average Bonchev–Trinajstić information content (AvgIpc) is 2.61. The lowest BCUT2D eigenvalue weighted by molar-refractivity contribution is -0.117. The lowest BCUT2D eigenvalue weighted by atomic mass is 10.2. The number of ketones is 1. The highest BCUT2D eigenvalue weighted by atomic mass is 35.5. The molecule has 1 aromatic carbocycles. The average molecular weight is 270 g/mol. The van der Waals surface area contributed by atoms with Crippen molar-refractivity contribution in [2.75, 3.05) is 0 Å². The molecule has 0 fully saturated rings. The Kier molecular flexibility index (Phi) is 3.75. The highest BCUT2D eigenvalue weighted by Crippen LogP contribution is 2.28. The largest absolute Gasteiger partial charge is 0.347 e. The zero-order valence-corrected chi connectivity index (χ0v) is 11.1. The van der Waals surface area contributed by atoms with Crippen molar-refractivity contribution >= 4 is 39.9 Å². The van der Waals surface area contributed by atoms with E-state index in [0.29, 0.717) is 16.5 Å². The molecule has 0 radical (unpaired) electrons. The fourth-order valence-corrected chi connectivity index (χ4v) is 2.46. The summed E-state index contributed by atoms with van der Waals surface area (Å²) in [5.74, 6) is 0.220. The maximum Gasteiger partial charge on any atom is 0.129 e. The summed E-state index contributed by atoms with van der Waals surface area (Å²) >= 11 is 12.1. The molecule has 0 saturated carbocycles. The lowest BCUT2D eigenvalue weighted by Crippen LogP contribution is -1.99. The van der Waals surface area contributed by atoms with Crippen LogP contribution < -0.4 is 0 Å². The molecule has 2 nitrogen and oxygen atoms in total. The number of benzene rings is 1. The van der Waals surface area contributed by atoms with Gasteiger partial charge >= 0.3 is 0 Å². The van der Waals surface area contributed by atoms with E-state index in [4.69, 9.17) is 23.2 Å². The molecular formula is C13H13Cl2NO. The normalized spacial score (nSPS) is 11.0. The minimum Gasteiger partial charge on any atom is -0.347 e. The van der Waals surface area contributed by atoms with Crippen molar-refractivity contribution in [2.45, 2.75) is 26.3 Å². The van der Waals surface area contributed by atoms with Gasteiger partial charge in [0.25, 0.3) is 0 Å². The number of carbonyl (C=O) groups excluding carboxylic acids is 1. The van der Waals surface area contributed by atoms with Gasteiger partial charge in [0, 0.05) is 29.6 Å². The second kappa shape index (κ2) is 5.11. The molecule has 1 aromatic heterocycles.